The van der Waals surface area contributed by atoms with Crippen LogP contribution in [0.2, 0.25) is 0 Å². The summed E-state index contributed by atoms with van der Waals surface area (Å²) in [5, 5.41) is 3.88. The van der Waals surface area contributed by atoms with Crippen LogP contribution in [0.4, 0.5) is 10.1 Å². The lowest BCUT2D eigenvalue weighted by atomic mass is 10.0. The van der Waals surface area contributed by atoms with Crippen LogP contribution in [0.5, 0.6) is 0 Å². The molecular formula is C19H17FN2O2. The van der Waals surface area contributed by atoms with E-state index in [0.717, 1.165) is 27.7 Å². The fraction of sp³-hybridized carbons (Fsp3) is 0.211. The molecule has 1 aromatic heterocycles. The highest BCUT2D eigenvalue weighted by atomic mass is 19.1. The zero-order chi connectivity index (χ0) is 16.5. The number of fused-ring (bicyclic) bond motifs is 1. The van der Waals surface area contributed by atoms with Crippen molar-refractivity contribution in [2.24, 2.45) is 5.92 Å². The fourth-order valence-corrected chi connectivity index (χ4v) is 2.95. The monoisotopic (exact) mass is 324 g/mol. The van der Waals surface area contributed by atoms with Crippen LogP contribution in [0.1, 0.15) is 6.42 Å². The smallest absolute Gasteiger partial charge is 0.224 e. The summed E-state index contributed by atoms with van der Waals surface area (Å²) in [6.07, 6.45) is 2.37. The Labute approximate surface area is 138 Å². The molecule has 4 rings (SSSR count). The van der Waals surface area contributed by atoms with Gasteiger partial charge in [0.2, 0.25) is 5.91 Å². The number of aromatic nitrogens is 1. The van der Waals surface area contributed by atoms with E-state index in [1.807, 2.05) is 30.5 Å². The van der Waals surface area contributed by atoms with Gasteiger partial charge >= 0.3 is 0 Å². The second kappa shape index (κ2) is 6.09. The van der Waals surface area contributed by atoms with Crippen LogP contribution in [0.15, 0.2) is 48.7 Å². The predicted molar refractivity (Wildman–Crippen MR) is 91.2 cm³/mol. The molecule has 0 aliphatic carbocycles. The standard InChI is InChI=1S/C19H17FN2O2/c20-14-3-6-16-17(9-21-18(16)8-14)13-1-4-15(5-2-13)22-19(23)7-12-10-24-11-12/h1-6,8-9,12,21H,7,10-11H2,(H,22,23). The molecule has 2 aromatic carbocycles. The van der Waals surface area contributed by atoms with Crippen molar-refractivity contribution in [3.05, 3.63) is 54.5 Å². The van der Waals surface area contributed by atoms with Crippen molar-refractivity contribution in [2.45, 2.75) is 6.42 Å². The molecule has 4 nitrogen and oxygen atoms in total. The highest BCUT2D eigenvalue weighted by Crippen LogP contribution is 2.30. The lowest BCUT2D eigenvalue weighted by Gasteiger charge is -2.25. The van der Waals surface area contributed by atoms with Gasteiger partial charge in [-0.25, -0.2) is 4.39 Å². The van der Waals surface area contributed by atoms with Gasteiger partial charge < -0.3 is 15.0 Å². The average Bonchev–Trinajstić information content (AvgIpc) is 2.95. The van der Waals surface area contributed by atoms with E-state index < -0.39 is 0 Å². The molecule has 0 spiro atoms. The summed E-state index contributed by atoms with van der Waals surface area (Å²) in [6, 6.07) is 12.4. The van der Waals surface area contributed by atoms with Crippen LogP contribution in [0.3, 0.4) is 0 Å². The van der Waals surface area contributed by atoms with Gasteiger partial charge in [-0.15, -0.1) is 0 Å². The highest BCUT2D eigenvalue weighted by molar-refractivity contribution is 5.96. The van der Waals surface area contributed by atoms with E-state index in [-0.39, 0.29) is 11.7 Å². The number of halogens is 1. The van der Waals surface area contributed by atoms with Gasteiger partial charge in [0.15, 0.2) is 0 Å². The summed E-state index contributed by atoms with van der Waals surface area (Å²) in [4.78, 5) is 15.0. The zero-order valence-electron chi connectivity index (χ0n) is 13.0. The van der Waals surface area contributed by atoms with Gasteiger partial charge in [0.1, 0.15) is 5.82 Å². The van der Waals surface area contributed by atoms with E-state index in [9.17, 15) is 9.18 Å². The highest BCUT2D eigenvalue weighted by Gasteiger charge is 2.21. The fourth-order valence-electron chi connectivity index (χ4n) is 2.95. The number of hydrogen-bond acceptors (Lipinski definition) is 2. The maximum atomic E-state index is 13.3. The summed E-state index contributed by atoms with van der Waals surface area (Å²) in [5.41, 5.74) is 3.56. The first-order valence-electron chi connectivity index (χ1n) is 7.94. The molecule has 0 bridgehead atoms. The number of amides is 1. The van der Waals surface area contributed by atoms with Gasteiger partial charge in [-0.3, -0.25) is 4.79 Å². The average molecular weight is 324 g/mol. The van der Waals surface area contributed by atoms with Crippen LogP contribution in [-0.2, 0) is 9.53 Å². The van der Waals surface area contributed by atoms with E-state index in [4.69, 9.17) is 4.74 Å². The third kappa shape index (κ3) is 2.90. The molecule has 24 heavy (non-hydrogen) atoms. The maximum absolute atomic E-state index is 13.3. The maximum Gasteiger partial charge on any atom is 0.224 e. The van der Waals surface area contributed by atoms with Gasteiger partial charge in [0.25, 0.3) is 0 Å². The molecule has 122 valence electrons. The molecule has 3 aromatic rings. The molecular weight excluding hydrogens is 307 g/mol. The van der Waals surface area contributed by atoms with Crippen LogP contribution in [0, 0.1) is 11.7 Å². The molecule has 2 N–H and O–H groups in total. The van der Waals surface area contributed by atoms with E-state index in [2.05, 4.69) is 10.3 Å². The molecule has 0 radical (unpaired) electrons. The van der Waals surface area contributed by atoms with Crippen LogP contribution < -0.4 is 5.32 Å². The van der Waals surface area contributed by atoms with Gasteiger partial charge in [-0.05, 0) is 35.9 Å². The van der Waals surface area contributed by atoms with E-state index in [1.54, 1.807) is 6.07 Å². The minimum Gasteiger partial charge on any atom is -0.381 e. The lowest BCUT2D eigenvalue weighted by molar-refractivity contribution is -0.121. The lowest BCUT2D eigenvalue weighted by Crippen LogP contribution is -2.31. The normalized spacial score (nSPS) is 14.5. The number of carbonyl (C=O) groups excluding carboxylic acids is 1. The third-order valence-electron chi connectivity index (χ3n) is 4.30. The number of aromatic amines is 1. The van der Waals surface area contributed by atoms with Crippen molar-refractivity contribution in [3.8, 4) is 11.1 Å². The van der Waals surface area contributed by atoms with Crippen LogP contribution in [0.25, 0.3) is 22.0 Å². The topological polar surface area (TPSA) is 54.1 Å². The molecule has 5 heteroatoms. The third-order valence-corrected chi connectivity index (χ3v) is 4.30. The van der Waals surface area contributed by atoms with Crippen molar-refractivity contribution in [3.63, 3.8) is 0 Å². The number of benzene rings is 2. The Morgan fingerprint density at radius 2 is 2.00 bits per heavy atom. The first-order valence-corrected chi connectivity index (χ1v) is 7.94. The van der Waals surface area contributed by atoms with Crippen molar-refractivity contribution in [1.29, 1.82) is 0 Å². The summed E-state index contributed by atoms with van der Waals surface area (Å²) < 4.78 is 18.4. The number of anilines is 1. The van der Waals surface area contributed by atoms with Crippen molar-refractivity contribution >= 4 is 22.5 Å². The molecule has 1 saturated heterocycles. The van der Waals surface area contributed by atoms with Crippen LogP contribution >= 0.6 is 0 Å². The molecule has 1 amide bonds. The van der Waals surface area contributed by atoms with Gasteiger partial charge in [0.05, 0.1) is 13.2 Å². The SMILES string of the molecule is O=C(CC1COC1)Nc1ccc(-c2c[nH]c3cc(F)ccc23)cc1. The number of nitrogens with one attached hydrogen (secondary N) is 2. The molecule has 0 unspecified atom stereocenters. The van der Waals surface area contributed by atoms with E-state index in [0.29, 0.717) is 25.6 Å². The molecule has 1 aliphatic heterocycles. The Hall–Kier alpha value is -2.66. The summed E-state index contributed by atoms with van der Waals surface area (Å²) in [5.74, 6) is 0.0975. The first kappa shape index (κ1) is 14.9. The Bertz CT molecular complexity index is 882. The zero-order valence-corrected chi connectivity index (χ0v) is 13.0. The molecule has 2 heterocycles. The van der Waals surface area contributed by atoms with Gasteiger partial charge in [-0.1, -0.05) is 12.1 Å². The number of carbonyl (C=O) groups is 1. The van der Waals surface area contributed by atoms with E-state index in [1.165, 1.54) is 12.1 Å². The number of hydrogen-bond donors (Lipinski definition) is 2. The van der Waals surface area contributed by atoms with Crippen molar-refractivity contribution in [2.75, 3.05) is 18.5 Å². The van der Waals surface area contributed by atoms with Gasteiger partial charge in [-0.2, -0.15) is 0 Å². The van der Waals surface area contributed by atoms with Crippen molar-refractivity contribution in [1.82, 2.24) is 4.98 Å². The summed E-state index contributed by atoms with van der Waals surface area (Å²) >= 11 is 0. The van der Waals surface area contributed by atoms with E-state index >= 15 is 0 Å². The Morgan fingerprint density at radius 1 is 1.21 bits per heavy atom. The Kier molecular flexibility index (Phi) is 3.78. The number of H-pyrrole nitrogens is 1. The summed E-state index contributed by atoms with van der Waals surface area (Å²) in [6.45, 7) is 1.35. The first-order chi connectivity index (χ1) is 11.7. The molecule has 0 atom stereocenters. The number of ether oxygens (including phenoxy) is 1. The summed E-state index contributed by atoms with van der Waals surface area (Å²) in [7, 11) is 0. The quantitative estimate of drug-likeness (QED) is 0.763. The van der Waals surface area contributed by atoms with Crippen LogP contribution in [-0.4, -0.2) is 24.1 Å². The minimum atomic E-state index is -0.258. The molecule has 1 fully saturated rings. The Balaban J connectivity index is 1.51. The second-order valence-electron chi connectivity index (χ2n) is 6.13. The largest absolute Gasteiger partial charge is 0.381 e. The minimum absolute atomic E-state index is 0.0126. The van der Waals surface area contributed by atoms with Gasteiger partial charge in [0, 0.05) is 40.7 Å². The molecule has 0 saturated carbocycles. The number of rotatable bonds is 4. The Morgan fingerprint density at radius 3 is 2.71 bits per heavy atom. The second-order valence-corrected chi connectivity index (χ2v) is 6.13. The predicted octanol–water partition coefficient (Wildman–Crippen LogP) is 3.95. The van der Waals surface area contributed by atoms with Crippen molar-refractivity contribution < 1.29 is 13.9 Å². The molecule has 1 aliphatic rings.